The number of hydrogen-bond donors (Lipinski definition) is 0. The molecule has 2 rings (SSSR count). The van der Waals surface area contributed by atoms with Crippen LogP contribution in [0.2, 0.25) is 0 Å². The van der Waals surface area contributed by atoms with Gasteiger partial charge in [-0.1, -0.05) is 30.3 Å². The van der Waals surface area contributed by atoms with E-state index in [0.717, 1.165) is 11.1 Å². The molecule has 0 aliphatic heterocycles. The van der Waals surface area contributed by atoms with Crippen molar-refractivity contribution in [2.75, 3.05) is 7.11 Å². The van der Waals surface area contributed by atoms with Crippen molar-refractivity contribution < 1.29 is 4.74 Å². The van der Waals surface area contributed by atoms with E-state index in [1.807, 2.05) is 36.4 Å². The first-order valence-electron chi connectivity index (χ1n) is 5.31. The van der Waals surface area contributed by atoms with Gasteiger partial charge in [0.15, 0.2) is 0 Å². The molecule has 0 saturated carbocycles. The lowest BCUT2D eigenvalue weighted by atomic mass is 10.0. The maximum Gasteiger partial charge on any atom is 0.149 e. The van der Waals surface area contributed by atoms with Crippen LogP contribution < -0.4 is 4.74 Å². The third-order valence-electron chi connectivity index (χ3n) is 2.51. The van der Waals surface area contributed by atoms with Crippen LogP contribution in [0.4, 0.5) is 0 Å². The lowest BCUT2D eigenvalue weighted by Gasteiger charge is -2.11. The van der Waals surface area contributed by atoms with E-state index in [1.54, 1.807) is 13.3 Å². The molecule has 1 aromatic carbocycles. The van der Waals surface area contributed by atoms with Crippen LogP contribution in [0.1, 0.15) is 5.69 Å². The summed E-state index contributed by atoms with van der Waals surface area (Å²) in [6.45, 7) is 0. The van der Waals surface area contributed by atoms with Crippen LogP contribution in [0.25, 0.3) is 11.1 Å². The number of methoxy groups -OCH3 is 1. The number of benzene rings is 1. The maximum absolute atomic E-state index is 8.76. The summed E-state index contributed by atoms with van der Waals surface area (Å²) in [6.07, 6.45) is 1.96. The molecule has 0 radical (unpaired) electrons. The number of aromatic nitrogens is 1. The van der Waals surface area contributed by atoms with Crippen molar-refractivity contribution in [2.24, 2.45) is 0 Å². The molecule has 0 spiro atoms. The monoisotopic (exact) mass is 224 g/mol. The summed E-state index contributed by atoms with van der Waals surface area (Å²) in [6, 6.07) is 13.9. The van der Waals surface area contributed by atoms with Crippen LogP contribution in [0.3, 0.4) is 0 Å². The molecule has 0 N–H and O–H groups in total. The normalized spacial score (nSPS) is 9.65. The molecule has 0 aliphatic rings. The average Bonchev–Trinajstić information content (AvgIpc) is 2.40. The van der Waals surface area contributed by atoms with Gasteiger partial charge >= 0.3 is 0 Å². The Morgan fingerprint density at radius 1 is 1.24 bits per heavy atom. The zero-order valence-electron chi connectivity index (χ0n) is 9.55. The lowest BCUT2D eigenvalue weighted by Crippen LogP contribution is -1.97. The highest BCUT2D eigenvalue weighted by Gasteiger charge is 2.11. The first-order chi connectivity index (χ1) is 8.36. The molecule has 17 heavy (non-hydrogen) atoms. The Kier molecular flexibility index (Phi) is 3.37. The van der Waals surface area contributed by atoms with Gasteiger partial charge in [-0.05, 0) is 11.6 Å². The Hall–Kier alpha value is -2.34. The largest absolute Gasteiger partial charge is 0.494 e. The van der Waals surface area contributed by atoms with Crippen molar-refractivity contribution in [3.63, 3.8) is 0 Å². The Bertz CT molecular complexity index is 544. The molecular weight excluding hydrogens is 212 g/mol. The van der Waals surface area contributed by atoms with Gasteiger partial charge in [0.2, 0.25) is 0 Å². The first-order valence-corrected chi connectivity index (χ1v) is 5.31. The summed E-state index contributed by atoms with van der Waals surface area (Å²) in [5.74, 6) is 0.681. The zero-order chi connectivity index (χ0) is 12.1. The van der Waals surface area contributed by atoms with Gasteiger partial charge in [-0.15, -0.1) is 0 Å². The number of nitrogens with zero attached hydrogens (tertiary/aromatic N) is 2. The minimum Gasteiger partial charge on any atom is -0.494 e. The Labute approximate surface area is 100 Å². The second-order valence-electron chi connectivity index (χ2n) is 3.54. The minimum absolute atomic E-state index is 0.254. The average molecular weight is 224 g/mol. The van der Waals surface area contributed by atoms with E-state index in [9.17, 15) is 0 Å². The molecule has 2 aromatic rings. The zero-order valence-corrected chi connectivity index (χ0v) is 9.55. The van der Waals surface area contributed by atoms with E-state index in [0.29, 0.717) is 11.4 Å². The fourth-order valence-electron chi connectivity index (χ4n) is 1.77. The number of pyridine rings is 1. The molecule has 0 saturated heterocycles. The summed E-state index contributed by atoms with van der Waals surface area (Å²) in [5, 5.41) is 8.76. The van der Waals surface area contributed by atoms with Gasteiger partial charge in [0, 0.05) is 11.8 Å². The van der Waals surface area contributed by atoms with E-state index >= 15 is 0 Å². The lowest BCUT2D eigenvalue weighted by molar-refractivity contribution is 0.410. The summed E-state index contributed by atoms with van der Waals surface area (Å²) < 4.78 is 5.37. The van der Waals surface area contributed by atoms with Crippen LogP contribution >= 0.6 is 0 Å². The highest BCUT2D eigenvalue weighted by molar-refractivity contribution is 5.71. The van der Waals surface area contributed by atoms with Crippen molar-refractivity contribution >= 4 is 0 Å². The predicted molar refractivity (Wildman–Crippen MR) is 65.5 cm³/mol. The summed E-state index contributed by atoms with van der Waals surface area (Å²) in [7, 11) is 1.60. The number of nitriles is 1. The molecule has 3 nitrogen and oxygen atoms in total. The van der Waals surface area contributed by atoms with Gasteiger partial charge in [0.25, 0.3) is 0 Å². The number of ether oxygens (including phenoxy) is 1. The molecule has 1 heterocycles. The molecule has 3 heteroatoms. The highest BCUT2D eigenvalue weighted by Crippen LogP contribution is 2.31. The predicted octanol–water partition coefficient (Wildman–Crippen LogP) is 2.82. The number of hydrogen-bond acceptors (Lipinski definition) is 3. The Morgan fingerprint density at radius 3 is 2.65 bits per heavy atom. The van der Waals surface area contributed by atoms with Gasteiger partial charge < -0.3 is 4.74 Å². The number of rotatable bonds is 3. The van der Waals surface area contributed by atoms with Crippen LogP contribution in [-0.4, -0.2) is 12.1 Å². The van der Waals surface area contributed by atoms with Crippen molar-refractivity contribution in [1.29, 1.82) is 5.26 Å². The van der Waals surface area contributed by atoms with E-state index in [4.69, 9.17) is 10.00 Å². The minimum atomic E-state index is 0.254. The third kappa shape index (κ3) is 2.26. The van der Waals surface area contributed by atoms with E-state index < -0.39 is 0 Å². The van der Waals surface area contributed by atoms with Crippen molar-refractivity contribution in [3.8, 4) is 22.9 Å². The van der Waals surface area contributed by atoms with Crippen LogP contribution in [0.15, 0.2) is 42.6 Å². The van der Waals surface area contributed by atoms with E-state index in [-0.39, 0.29) is 6.42 Å². The molecule has 0 amide bonds. The van der Waals surface area contributed by atoms with Crippen LogP contribution in [0.5, 0.6) is 5.75 Å². The molecule has 0 atom stereocenters. The Morgan fingerprint density at radius 2 is 2.00 bits per heavy atom. The smallest absolute Gasteiger partial charge is 0.149 e. The van der Waals surface area contributed by atoms with Gasteiger partial charge in [-0.2, -0.15) is 5.26 Å². The second kappa shape index (κ2) is 5.13. The van der Waals surface area contributed by atoms with Crippen molar-refractivity contribution in [3.05, 3.63) is 48.3 Å². The molecule has 1 aromatic heterocycles. The van der Waals surface area contributed by atoms with Crippen molar-refractivity contribution in [1.82, 2.24) is 4.98 Å². The molecule has 0 bridgehead atoms. The summed E-state index contributed by atoms with van der Waals surface area (Å²) >= 11 is 0. The standard InChI is InChI=1S/C14H12N2O/c1-17-14-12(11-5-3-2-4-6-11)8-10-16-13(14)7-9-15/h2-6,8,10H,7H2,1H3. The summed E-state index contributed by atoms with van der Waals surface area (Å²) in [5.41, 5.74) is 2.70. The molecule has 0 fully saturated rings. The SMILES string of the molecule is COc1c(-c2ccccc2)ccnc1CC#N. The topological polar surface area (TPSA) is 45.9 Å². The van der Waals surface area contributed by atoms with Gasteiger partial charge in [-0.25, -0.2) is 0 Å². The quantitative estimate of drug-likeness (QED) is 0.805. The molecule has 0 aliphatic carbocycles. The highest BCUT2D eigenvalue weighted by atomic mass is 16.5. The first kappa shape index (κ1) is 11.2. The van der Waals surface area contributed by atoms with Gasteiger partial charge in [-0.3, -0.25) is 4.98 Å². The Balaban J connectivity index is 2.55. The van der Waals surface area contributed by atoms with Gasteiger partial charge in [0.1, 0.15) is 5.75 Å². The fraction of sp³-hybridized carbons (Fsp3) is 0.143. The molecule has 0 unspecified atom stereocenters. The fourth-order valence-corrected chi connectivity index (χ4v) is 1.77. The van der Waals surface area contributed by atoms with Crippen molar-refractivity contribution in [2.45, 2.75) is 6.42 Å². The second-order valence-corrected chi connectivity index (χ2v) is 3.54. The molecular formula is C14H12N2O. The van der Waals surface area contributed by atoms with E-state index in [1.165, 1.54) is 0 Å². The third-order valence-corrected chi connectivity index (χ3v) is 2.51. The van der Waals surface area contributed by atoms with Crippen LogP contribution in [-0.2, 0) is 6.42 Å². The van der Waals surface area contributed by atoms with Gasteiger partial charge in [0.05, 0.1) is 25.3 Å². The molecule has 84 valence electrons. The van der Waals surface area contributed by atoms with Crippen LogP contribution in [0, 0.1) is 11.3 Å². The van der Waals surface area contributed by atoms with E-state index in [2.05, 4.69) is 11.1 Å². The summed E-state index contributed by atoms with van der Waals surface area (Å²) in [4.78, 5) is 4.18. The maximum atomic E-state index is 8.76.